The van der Waals surface area contributed by atoms with Gasteiger partial charge in [-0.1, -0.05) is 36.4 Å². The summed E-state index contributed by atoms with van der Waals surface area (Å²) in [4.78, 5) is 13.1. The van der Waals surface area contributed by atoms with Crippen molar-refractivity contribution in [2.75, 3.05) is 0 Å². The van der Waals surface area contributed by atoms with Crippen LogP contribution in [-0.2, 0) is 0 Å². The predicted molar refractivity (Wildman–Crippen MR) is 88.0 cm³/mol. The Bertz CT molecular complexity index is 791. The van der Waals surface area contributed by atoms with Gasteiger partial charge in [-0.3, -0.25) is 9.89 Å². The van der Waals surface area contributed by atoms with Crippen LogP contribution in [0.2, 0.25) is 0 Å². The summed E-state index contributed by atoms with van der Waals surface area (Å²) < 4.78 is 0. The van der Waals surface area contributed by atoms with Crippen LogP contribution >= 0.6 is 11.3 Å². The number of aromatic nitrogens is 2. The zero-order valence-electron chi connectivity index (χ0n) is 11.9. The van der Waals surface area contributed by atoms with Gasteiger partial charge < -0.3 is 0 Å². The maximum absolute atomic E-state index is 12.1. The fourth-order valence-corrected chi connectivity index (χ4v) is 2.62. The summed E-state index contributed by atoms with van der Waals surface area (Å²) in [7, 11) is 0. The van der Waals surface area contributed by atoms with Crippen LogP contribution in [0.1, 0.15) is 23.0 Å². The highest BCUT2D eigenvalue weighted by atomic mass is 32.1. The number of amides is 1. The number of thiophene rings is 1. The largest absolute Gasteiger partial charge is 0.291 e. The third-order valence-electron chi connectivity index (χ3n) is 3.11. The van der Waals surface area contributed by atoms with Crippen LogP contribution in [0.4, 0.5) is 0 Å². The van der Waals surface area contributed by atoms with Gasteiger partial charge in [-0.2, -0.15) is 10.2 Å². The molecule has 0 aliphatic carbocycles. The molecule has 0 atom stereocenters. The Morgan fingerprint density at radius 1 is 1.23 bits per heavy atom. The average molecular weight is 310 g/mol. The van der Waals surface area contributed by atoms with Crippen molar-refractivity contribution in [3.63, 3.8) is 0 Å². The molecule has 0 spiro atoms. The average Bonchev–Trinajstić information content (AvgIpc) is 3.23. The minimum Gasteiger partial charge on any atom is -0.276 e. The van der Waals surface area contributed by atoms with Crippen LogP contribution in [0.25, 0.3) is 10.6 Å². The van der Waals surface area contributed by atoms with Gasteiger partial charge in [0.2, 0.25) is 0 Å². The maximum Gasteiger partial charge on any atom is 0.291 e. The number of hydrogen-bond donors (Lipinski definition) is 2. The van der Waals surface area contributed by atoms with E-state index in [2.05, 4.69) is 20.7 Å². The van der Waals surface area contributed by atoms with Crippen LogP contribution in [0.3, 0.4) is 0 Å². The van der Waals surface area contributed by atoms with Crippen molar-refractivity contribution in [3.8, 4) is 10.6 Å². The molecule has 3 rings (SSSR count). The Labute approximate surface area is 131 Å². The lowest BCUT2D eigenvalue weighted by Gasteiger charge is -2.00. The van der Waals surface area contributed by atoms with E-state index in [1.54, 1.807) is 17.4 Å². The molecule has 2 heterocycles. The van der Waals surface area contributed by atoms with Crippen molar-refractivity contribution in [1.82, 2.24) is 15.6 Å². The first-order valence-corrected chi connectivity index (χ1v) is 7.61. The molecule has 0 radical (unpaired) electrons. The summed E-state index contributed by atoms with van der Waals surface area (Å²) in [6, 6.07) is 15.3. The minimum atomic E-state index is -0.339. The molecule has 0 saturated heterocycles. The number of H-pyrrole nitrogens is 1. The molecule has 3 aromatic rings. The van der Waals surface area contributed by atoms with E-state index in [4.69, 9.17) is 0 Å². The first-order valence-electron chi connectivity index (χ1n) is 6.73. The van der Waals surface area contributed by atoms with Gasteiger partial charge in [0.05, 0.1) is 16.3 Å². The van der Waals surface area contributed by atoms with Gasteiger partial charge in [-0.05, 0) is 30.0 Å². The zero-order valence-corrected chi connectivity index (χ0v) is 12.7. The van der Waals surface area contributed by atoms with Crippen molar-refractivity contribution >= 4 is 23.0 Å². The van der Waals surface area contributed by atoms with E-state index in [1.807, 2.05) is 54.8 Å². The van der Waals surface area contributed by atoms with Crippen molar-refractivity contribution in [1.29, 1.82) is 0 Å². The molecule has 1 amide bonds. The van der Waals surface area contributed by atoms with Crippen molar-refractivity contribution in [3.05, 3.63) is 65.2 Å². The van der Waals surface area contributed by atoms with Gasteiger partial charge >= 0.3 is 0 Å². The standard InChI is InChI=1S/C16H14N4OS/c1-11(12-6-3-2-4-7-12)17-20-16(21)14-10-13(18-19-14)15-8-5-9-22-15/h2-10H,1H3,(H,18,19)(H,20,21). The Morgan fingerprint density at radius 3 is 2.77 bits per heavy atom. The molecule has 2 N–H and O–H groups in total. The van der Waals surface area contributed by atoms with Gasteiger partial charge in [0.25, 0.3) is 5.91 Å². The van der Waals surface area contributed by atoms with Crippen molar-refractivity contribution in [2.24, 2.45) is 5.10 Å². The summed E-state index contributed by atoms with van der Waals surface area (Å²) in [5.41, 5.74) is 5.36. The molecule has 1 aromatic carbocycles. The highest BCUT2D eigenvalue weighted by molar-refractivity contribution is 7.13. The van der Waals surface area contributed by atoms with Gasteiger partial charge in [0.15, 0.2) is 5.69 Å². The quantitative estimate of drug-likeness (QED) is 0.573. The molecule has 2 aromatic heterocycles. The molecule has 0 unspecified atom stereocenters. The van der Waals surface area contributed by atoms with E-state index in [0.29, 0.717) is 5.69 Å². The molecule has 0 bridgehead atoms. The Kier molecular flexibility index (Phi) is 4.11. The number of nitrogens with one attached hydrogen (secondary N) is 2. The fraction of sp³-hybridized carbons (Fsp3) is 0.0625. The fourth-order valence-electron chi connectivity index (χ4n) is 1.93. The number of carbonyl (C=O) groups is 1. The van der Waals surface area contributed by atoms with E-state index in [0.717, 1.165) is 21.8 Å². The summed E-state index contributed by atoms with van der Waals surface area (Å²) in [6.45, 7) is 1.84. The molecule has 0 fully saturated rings. The lowest BCUT2D eigenvalue weighted by Crippen LogP contribution is -2.19. The van der Waals surface area contributed by atoms with Gasteiger partial charge in [-0.15, -0.1) is 11.3 Å². The predicted octanol–water partition coefficient (Wildman–Crippen LogP) is 3.29. The zero-order chi connectivity index (χ0) is 15.4. The number of rotatable bonds is 4. The number of hydrazone groups is 1. The van der Waals surface area contributed by atoms with Gasteiger partial charge in [0, 0.05) is 0 Å². The topological polar surface area (TPSA) is 70.1 Å². The van der Waals surface area contributed by atoms with E-state index >= 15 is 0 Å². The summed E-state index contributed by atoms with van der Waals surface area (Å²) in [5, 5.41) is 13.0. The summed E-state index contributed by atoms with van der Waals surface area (Å²) in [5.74, 6) is -0.339. The third kappa shape index (κ3) is 3.12. The lowest BCUT2D eigenvalue weighted by molar-refractivity contribution is 0.0950. The summed E-state index contributed by atoms with van der Waals surface area (Å²) in [6.07, 6.45) is 0. The first-order chi connectivity index (χ1) is 10.7. The molecular weight excluding hydrogens is 296 g/mol. The minimum absolute atomic E-state index is 0.313. The molecule has 0 aliphatic heterocycles. The van der Waals surface area contributed by atoms with Crippen LogP contribution in [0.5, 0.6) is 0 Å². The summed E-state index contributed by atoms with van der Waals surface area (Å²) >= 11 is 1.59. The third-order valence-corrected chi connectivity index (χ3v) is 4.02. The first kappa shape index (κ1) is 14.2. The van der Waals surface area contributed by atoms with Crippen molar-refractivity contribution in [2.45, 2.75) is 6.92 Å². The Balaban J connectivity index is 1.70. The highest BCUT2D eigenvalue weighted by Crippen LogP contribution is 2.22. The van der Waals surface area contributed by atoms with Gasteiger partial charge in [-0.25, -0.2) is 5.43 Å². The Morgan fingerprint density at radius 2 is 2.05 bits per heavy atom. The molecule has 6 heteroatoms. The number of aromatic amines is 1. The van der Waals surface area contributed by atoms with Crippen molar-refractivity contribution < 1.29 is 4.79 Å². The monoisotopic (exact) mass is 310 g/mol. The van der Waals surface area contributed by atoms with E-state index < -0.39 is 0 Å². The van der Waals surface area contributed by atoms with Gasteiger partial charge in [0.1, 0.15) is 0 Å². The van der Waals surface area contributed by atoms with E-state index in [1.165, 1.54) is 0 Å². The molecule has 5 nitrogen and oxygen atoms in total. The number of hydrogen-bond acceptors (Lipinski definition) is 4. The molecule has 22 heavy (non-hydrogen) atoms. The molecule has 0 aliphatic rings. The van der Waals surface area contributed by atoms with Crippen LogP contribution in [-0.4, -0.2) is 21.8 Å². The second kappa shape index (κ2) is 6.36. The van der Waals surface area contributed by atoms with Crippen LogP contribution in [0.15, 0.2) is 59.0 Å². The van der Waals surface area contributed by atoms with E-state index in [9.17, 15) is 4.79 Å². The lowest BCUT2D eigenvalue weighted by atomic mass is 10.1. The molecule has 110 valence electrons. The number of carbonyl (C=O) groups excluding carboxylic acids is 1. The normalized spacial score (nSPS) is 11.4. The molecule has 0 saturated carbocycles. The second-order valence-corrected chi connectivity index (χ2v) is 5.60. The SMILES string of the molecule is CC(=NNC(=O)c1cc(-c2cccs2)[nH]n1)c1ccccc1. The number of nitrogens with zero attached hydrogens (tertiary/aromatic N) is 2. The second-order valence-electron chi connectivity index (χ2n) is 4.65. The Hall–Kier alpha value is -2.73. The maximum atomic E-state index is 12.1. The number of benzene rings is 1. The van der Waals surface area contributed by atoms with E-state index in [-0.39, 0.29) is 5.91 Å². The van der Waals surface area contributed by atoms with Crippen LogP contribution < -0.4 is 5.43 Å². The smallest absolute Gasteiger partial charge is 0.276 e. The molecular formula is C16H14N4OS. The van der Waals surface area contributed by atoms with Crippen LogP contribution in [0, 0.1) is 0 Å². The highest BCUT2D eigenvalue weighted by Gasteiger charge is 2.11.